The molecule has 0 aliphatic rings. The van der Waals surface area contributed by atoms with Gasteiger partial charge in [-0.3, -0.25) is 10.1 Å². The summed E-state index contributed by atoms with van der Waals surface area (Å²) in [6.45, 7) is 1.90. The number of nitro benzene ring substituents is 1. The van der Waals surface area contributed by atoms with Gasteiger partial charge in [-0.15, -0.1) is 0 Å². The largest absolute Gasteiger partial charge is 0.497 e. The van der Waals surface area contributed by atoms with E-state index in [1.165, 1.54) is 31.4 Å². The van der Waals surface area contributed by atoms with Gasteiger partial charge in [-0.2, -0.15) is 0 Å². The molecular weight excluding hydrogens is 354 g/mol. The van der Waals surface area contributed by atoms with Crippen LogP contribution in [-0.2, 0) is 11.3 Å². The summed E-state index contributed by atoms with van der Waals surface area (Å²) in [7, 11) is 1.53. The van der Waals surface area contributed by atoms with Crippen molar-refractivity contribution in [3.05, 3.63) is 63.9 Å². The number of nitro groups is 1. The molecule has 0 radical (unpaired) electrons. The summed E-state index contributed by atoms with van der Waals surface area (Å²) in [5.41, 5.74) is 0.735. The second-order valence-corrected chi connectivity index (χ2v) is 5.52. The van der Waals surface area contributed by atoms with Crippen molar-refractivity contribution in [2.45, 2.75) is 13.5 Å². The van der Waals surface area contributed by atoms with Crippen molar-refractivity contribution in [1.82, 2.24) is 0 Å². The van der Waals surface area contributed by atoms with Gasteiger partial charge < -0.3 is 18.6 Å². The van der Waals surface area contributed by atoms with Crippen molar-refractivity contribution in [2.75, 3.05) is 13.7 Å². The molecule has 2 aromatic carbocycles. The number of hydrogen-bond acceptors (Lipinski definition) is 7. The molecule has 0 bridgehead atoms. The third-order valence-corrected chi connectivity index (χ3v) is 3.87. The zero-order valence-electron chi connectivity index (χ0n) is 14.8. The lowest BCUT2D eigenvalue weighted by atomic mass is 10.1. The Kier molecular flexibility index (Phi) is 5.25. The van der Waals surface area contributed by atoms with Gasteiger partial charge in [0.1, 0.15) is 29.3 Å². The Hall–Kier alpha value is -3.55. The van der Waals surface area contributed by atoms with E-state index in [9.17, 15) is 14.9 Å². The van der Waals surface area contributed by atoms with E-state index < -0.39 is 10.9 Å². The van der Waals surface area contributed by atoms with Crippen LogP contribution in [0.4, 0.5) is 5.69 Å². The molecule has 0 spiro atoms. The second-order valence-electron chi connectivity index (χ2n) is 5.52. The number of benzene rings is 2. The van der Waals surface area contributed by atoms with Crippen LogP contribution in [0.15, 0.2) is 46.9 Å². The maximum Gasteiger partial charge on any atom is 0.342 e. The van der Waals surface area contributed by atoms with Gasteiger partial charge >= 0.3 is 5.97 Å². The van der Waals surface area contributed by atoms with E-state index in [0.717, 1.165) is 0 Å². The summed E-state index contributed by atoms with van der Waals surface area (Å²) in [6, 6.07) is 10.8. The number of furan rings is 1. The van der Waals surface area contributed by atoms with Crippen LogP contribution in [0.25, 0.3) is 11.0 Å². The standard InChI is InChI=1S/C19H17NO7/c1-3-25-19(21)18-15-10-14(24-2)8-9-16(15)27-17(18)11-26-13-6-4-12(5-7-13)20(22)23/h4-10H,3,11H2,1-2H3. The highest BCUT2D eigenvalue weighted by Gasteiger charge is 2.23. The van der Waals surface area contributed by atoms with E-state index in [1.54, 1.807) is 25.1 Å². The Morgan fingerprint density at radius 2 is 1.85 bits per heavy atom. The molecule has 3 rings (SSSR count). The smallest absolute Gasteiger partial charge is 0.342 e. The molecule has 0 aliphatic heterocycles. The van der Waals surface area contributed by atoms with Crippen LogP contribution in [-0.4, -0.2) is 24.6 Å². The van der Waals surface area contributed by atoms with Crippen molar-refractivity contribution in [3.8, 4) is 11.5 Å². The lowest BCUT2D eigenvalue weighted by molar-refractivity contribution is -0.384. The van der Waals surface area contributed by atoms with Crippen LogP contribution >= 0.6 is 0 Å². The first-order valence-corrected chi connectivity index (χ1v) is 8.17. The molecule has 0 unspecified atom stereocenters. The van der Waals surface area contributed by atoms with E-state index >= 15 is 0 Å². The number of nitrogens with zero attached hydrogens (tertiary/aromatic N) is 1. The molecule has 8 nitrogen and oxygen atoms in total. The number of ether oxygens (including phenoxy) is 3. The van der Waals surface area contributed by atoms with Crippen LogP contribution in [0.5, 0.6) is 11.5 Å². The Labute approximate surface area is 154 Å². The molecule has 3 aromatic rings. The van der Waals surface area contributed by atoms with Gasteiger partial charge in [-0.25, -0.2) is 4.79 Å². The summed E-state index contributed by atoms with van der Waals surface area (Å²) in [6.07, 6.45) is 0. The number of fused-ring (bicyclic) bond motifs is 1. The Bertz CT molecular complexity index is 976. The number of methoxy groups -OCH3 is 1. The second kappa shape index (κ2) is 7.77. The highest BCUT2D eigenvalue weighted by molar-refractivity contribution is 6.05. The minimum Gasteiger partial charge on any atom is -0.497 e. The van der Waals surface area contributed by atoms with Crippen LogP contribution in [0.1, 0.15) is 23.0 Å². The summed E-state index contributed by atoms with van der Waals surface area (Å²) in [5, 5.41) is 11.3. The Morgan fingerprint density at radius 1 is 1.15 bits per heavy atom. The molecule has 0 fully saturated rings. The highest BCUT2D eigenvalue weighted by atomic mass is 16.6. The molecule has 1 heterocycles. The quantitative estimate of drug-likeness (QED) is 0.350. The summed E-state index contributed by atoms with van der Waals surface area (Å²) in [4.78, 5) is 22.6. The predicted octanol–water partition coefficient (Wildman–Crippen LogP) is 4.11. The molecule has 0 amide bonds. The van der Waals surface area contributed by atoms with E-state index in [-0.39, 0.29) is 24.5 Å². The third kappa shape index (κ3) is 3.84. The zero-order valence-corrected chi connectivity index (χ0v) is 14.8. The Morgan fingerprint density at radius 3 is 2.48 bits per heavy atom. The Balaban J connectivity index is 1.91. The number of hydrogen-bond donors (Lipinski definition) is 0. The van der Waals surface area contributed by atoms with Crippen molar-refractivity contribution >= 4 is 22.6 Å². The lowest BCUT2D eigenvalue weighted by Crippen LogP contribution is -2.08. The molecule has 0 aliphatic carbocycles. The highest BCUT2D eigenvalue weighted by Crippen LogP contribution is 2.31. The van der Waals surface area contributed by atoms with E-state index in [0.29, 0.717) is 28.2 Å². The fraction of sp³-hybridized carbons (Fsp3) is 0.211. The average Bonchev–Trinajstić information content (AvgIpc) is 3.04. The fourth-order valence-corrected chi connectivity index (χ4v) is 2.60. The molecule has 0 saturated carbocycles. The van der Waals surface area contributed by atoms with E-state index in [1.807, 2.05) is 0 Å². The third-order valence-electron chi connectivity index (χ3n) is 3.87. The predicted molar refractivity (Wildman–Crippen MR) is 96.2 cm³/mol. The molecular formula is C19H17NO7. The number of non-ortho nitro benzene ring substituents is 1. The minimum atomic E-state index is -0.521. The van der Waals surface area contributed by atoms with Crippen molar-refractivity contribution in [3.63, 3.8) is 0 Å². The molecule has 0 N–H and O–H groups in total. The van der Waals surface area contributed by atoms with E-state index in [2.05, 4.69) is 0 Å². The first-order valence-electron chi connectivity index (χ1n) is 8.17. The maximum atomic E-state index is 12.4. The van der Waals surface area contributed by atoms with Gasteiger partial charge in [0, 0.05) is 17.5 Å². The lowest BCUT2D eigenvalue weighted by Gasteiger charge is -2.06. The molecule has 0 saturated heterocycles. The van der Waals surface area contributed by atoms with Crippen LogP contribution in [0.2, 0.25) is 0 Å². The van der Waals surface area contributed by atoms with Gasteiger partial charge in [-0.05, 0) is 37.3 Å². The number of carbonyl (C=O) groups excluding carboxylic acids is 1. The summed E-state index contributed by atoms with van der Waals surface area (Å²) < 4.78 is 21.7. The maximum absolute atomic E-state index is 12.4. The first kappa shape index (κ1) is 18.2. The molecule has 27 heavy (non-hydrogen) atoms. The van der Waals surface area contributed by atoms with E-state index in [4.69, 9.17) is 18.6 Å². The van der Waals surface area contributed by atoms with Gasteiger partial charge in [0.2, 0.25) is 0 Å². The minimum absolute atomic E-state index is 0.0367. The molecule has 1 aromatic heterocycles. The number of carbonyl (C=O) groups is 1. The molecule has 0 atom stereocenters. The average molecular weight is 371 g/mol. The summed E-state index contributed by atoms with van der Waals surface area (Å²) in [5.74, 6) is 0.770. The summed E-state index contributed by atoms with van der Waals surface area (Å²) >= 11 is 0. The van der Waals surface area contributed by atoms with Crippen LogP contribution < -0.4 is 9.47 Å². The van der Waals surface area contributed by atoms with Gasteiger partial charge in [0.15, 0.2) is 5.76 Å². The van der Waals surface area contributed by atoms with Crippen molar-refractivity contribution in [2.24, 2.45) is 0 Å². The van der Waals surface area contributed by atoms with Gasteiger partial charge in [-0.1, -0.05) is 0 Å². The van der Waals surface area contributed by atoms with Crippen LogP contribution in [0, 0.1) is 10.1 Å². The van der Waals surface area contributed by atoms with Crippen molar-refractivity contribution in [1.29, 1.82) is 0 Å². The molecule has 140 valence electrons. The normalized spacial score (nSPS) is 10.6. The number of rotatable bonds is 7. The first-order chi connectivity index (χ1) is 13.0. The monoisotopic (exact) mass is 371 g/mol. The topological polar surface area (TPSA) is 101 Å². The van der Waals surface area contributed by atoms with Gasteiger partial charge in [0.25, 0.3) is 5.69 Å². The van der Waals surface area contributed by atoms with Gasteiger partial charge in [0.05, 0.1) is 18.6 Å². The van der Waals surface area contributed by atoms with Crippen LogP contribution in [0.3, 0.4) is 0 Å². The zero-order chi connectivity index (χ0) is 19.4. The van der Waals surface area contributed by atoms with Crippen molar-refractivity contribution < 1.29 is 28.3 Å². The fourth-order valence-electron chi connectivity index (χ4n) is 2.60. The molecule has 8 heteroatoms. The SMILES string of the molecule is CCOC(=O)c1c(COc2ccc([N+](=O)[O-])cc2)oc2ccc(OC)cc12. The number of esters is 1.